The number of piperidine rings is 1. The van der Waals surface area contributed by atoms with Crippen LogP contribution in [-0.4, -0.2) is 49.6 Å². The lowest BCUT2D eigenvalue weighted by Gasteiger charge is -2.35. The number of hydrogen-bond donors (Lipinski definition) is 2. The van der Waals surface area contributed by atoms with Gasteiger partial charge in [-0.2, -0.15) is 0 Å². The van der Waals surface area contributed by atoms with Crippen molar-refractivity contribution in [2.75, 3.05) is 26.7 Å². The van der Waals surface area contributed by atoms with E-state index in [-0.39, 0.29) is 35.2 Å². The van der Waals surface area contributed by atoms with E-state index in [1.165, 1.54) is 12.1 Å². The largest absolute Gasteiger partial charge is 0.356 e. The molecule has 2 N–H and O–H groups in total. The highest BCUT2D eigenvalue weighted by atomic mass is 127. The Balaban J connectivity index is 0.00000364. The third kappa shape index (κ3) is 7.06. The molecule has 0 bridgehead atoms. The standard InChI is InChI=1S/C20H32ClFN4.HI/c1-14(2)26-10-8-16(9-11-26)25-19(23-5)24-13-20(3,4)17-7-6-15(22)12-18(17)21;/h6-7,12,14,16H,8-11,13H2,1-5H3,(H2,23,24,25);1H. The fraction of sp³-hybridized carbons (Fsp3) is 0.650. The fourth-order valence-electron chi connectivity index (χ4n) is 3.39. The zero-order chi connectivity index (χ0) is 19.3. The van der Waals surface area contributed by atoms with E-state index in [1.807, 2.05) is 0 Å². The number of hydrogen-bond acceptors (Lipinski definition) is 2. The number of likely N-dealkylation sites (tertiary alicyclic amines) is 1. The smallest absolute Gasteiger partial charge is 0.191 e. The summed E-state index contributed by atoms with van der Waals surface area (Å²) in [5.74, 6) is 0.493. The highest BCUT2D eigenvalue weighted by Crippen LogP contribution is 2.29. The molecule has 0 aliphatic carbocycles. The predicted octanol–water partition coefficient (Wildman–Crippen LogP) is 4.41. The molecule has 1 saturated heterocycles. The summed E-state index contributed by atoms with van der Waals surface area (Å²) in [7, 11) is 1.79. The maximum Gasteiger partial charge on any atom is 0.191 e. The molecule has 2 rings (SSSR count). The minimum absolute atomic E-state index is 0. The number of nitrogens with zero attached hydrogens (tertiary/aromatic N) is 2. The second kappa shape index (κ2) is 10.8. The van der Waals surface area contributed by atoms with Crippen molar-refractivity contribution in [3.8, 4) is 0 Å². The number of halogens is 3. The van der Waals surface area contributed by atoms with Crippen LogP contribution in [0.1, 0.15) is 46.1 Å². The molecule has 154 valence electrons. The molecule has 0 atom stereocenters. The molecule has 1 heterocycles. The molecule has 1 aromatic carbocycles. The summed E-state index contributed by atoms with van der Waals surface area (Å²) in [6.45, 7) is 11.6. The lowest BCUT2D eigenvalue weighted by molar-refractivity contribution is 0.167. The van der Waals surface area contributed by atoms with Crippen molar-refractivity contribution in [1.82, 2.24) is 15.5 Å². The van der Waals surface area contributed by atoms with E-state index in [1.54, 1.807) is 13.1 Å². The highest BCUT2D eigenvalue weighted by Gasteiger charge is 2.25. The van der Waals surface area contributed by atoms with Crippen LogP contribution < -0.4 is 10.6 Å². The van der Waals surface area contributed by atoms with Gasteiger partial charge in [0, 0.05) is 49.2 Å². The summed E-state index contributed by atoms with van der Waals surface area (Å²) in [5, 5.41) is 7.40. The SMILES string of the molecule is CN=C(NCC(C)(C)c1ccc(F)cc1Cl)NC1CCN(C(C)C)CC1.I. The van der Waals surface area contributed by atoms with Gasteiger partial charge < -0.3 is 15.5 Å². The predicted molar refractivity (Wildman–Crippen MR) is 124 cm³/mol. The van der Waals surface area contributed by atoms with Crippen LogP contribution >= 0.6 is 35.6 Å². The molecule has 4 nitrogen and oxygen atoms in total. The molecule has 7 heteroatoms. The van der Waals surface area contributed by atoms with Crippen molar-refractivity contribution < 1.29 is 4.39 Å². The average Bonchev–Trinajstić information content (AvgIpc) is 2.58. The third-order valence-corrected chi connectivity index (χ3v) is 5.50. The Kier molecular flexibility index (Phi) is 9.79. The molecule has 1 fully saturated rings. The van der Waals surface area contributed by atoms with E-state index in [4.69, 9.17) is 11.6 Å². The van der Waals surface area contributed by atoms with E-state index >= 15 is 0 Å². The van der Waals surface area contributed by atoms with Gasteiger partial charge in [-0.15, -0.1) is 24.0 Å². The van der Waals surface area contributed by atoms with Crippen molar-refractivity contribution in [2.45, 2.75) is 58.0 Å². The van der Waals surface area contributed by atoms with Gasteiger partial charge in [-0.25, -0.2) is 4.39 Å². The van der Waals surface area contributed by atoms with Crippen LogP contribution in [0.25, 0.3) is 0 Å². The topological polar surface area (TPSA) is 39.7 Å². The van der Waals surface area contributed by atoms with E-state index in [9.17, 15) is 4.39 Å². The monoisotopic (exact) mass is 510 g/mol. The molecular formula is C20H33ClFIN4. The van der Waals surface area contributed by atoms with Crippen molar-refractivity contribution >= 4 is 41.5 Å². The fourth-order valence-corrected chi connectivity index (χ4v) is 3.81. The van der Waals surface area contributed by atoms with Crippen LogP contribution in [-0.2, 0) is 5.41 Å². The van der Waals surface area contributed by atoms with Gasteiger partial charge in [-0.05, 0) is 44.4 Å². The molecule has 0 aromatic heterocycles. The van der Waals surface area contributed by atoms with Gasteiger partial charge in [0.15, 0.2) is 5.96 Å². The Morgan fingerprint density at radius 3 is 2.48 bits per heavy atom. The van der Waals surface area contributed by atoms with Crippen molar-refractivity contribution in [2.24, 2.45) is 4.99 Å². The third-order valence-electron chi connectivity index (χ3n) is 5.18. The van der Waals surface area contributed by atoms with Gasteiger partial charge in [0.25, 0.3) is 0 Å². The zero-order valence-corrected chi connectivity index (χ0v) is 20.1. The molecule has 1 aliphatic heterocycles. The molecule has 1 aromatic rings. The summed E-state index contributed by atoms with van der Waals surface area (Å²) < 4.78 is 13.3. The molecule has 27 heavy (non-hydrogen) atoms. The first kappa shape index (κ1) is 24.4. The second-order valence-corrected chi connectivity index (χ2v) is 8.39. The lowest BCUT2D eigenvalue weighted by Crippen LogP contribution is -2.51. The summed E-state index contributed by atoms with van der Waals surface area (Å²) in [4.78, 5) is 6.87. The Bertz CT molecular complexity index is 628. The summed E-state index contributed by atoms with van der Waals surface area (Å²) in [5.41, 5.74) is 0.678. The molecule has 0 amide bonds. The molecule has 0 radical (unpaired) electrons. The van der Waals surface area contributed by atoms with E-state index < -0.39 is 0 Å². The van der Waals surface area contributed by atoms with Gasteiger partial charge in [0.2, 0.25) is 0 Å². The number of guanidine groups is 1. The first-order valence-electron chi connectivity index (χ1n) is 9.39. The van der Waals surface area contributed by atoms with Crippen LogP contribution in [0.3, 0.4) is 0 Å². The normalized spacial score (nSPS) is 17.0. The summed E-state index contributed by atoms with van der Waals surface area (Å²) in [6, 6.07) is 5.63. The number of aliphatic imine (C=N–C) groups is 1. The Hall–Kier alpha value is -0.600. The van der Waals surface area contributed by atoms with Gasteiger partial charge in [-0.3, -0.25) is 4.99 Å². The quantitative estimate of drug-likeness (QED) is 0.350. The van der Waals surface area contributed by atoms with Crippen LogP contribution in [0.2, 0.25) is 5.02 Å². The van der Waals surface area contributed by atoms with Gasteiger partial charge >= 0.3 is 0 Å². The van der Waals surface area contributed by atoms with E-state index in [2.05, 4.69) is 48.2 Å². The first-order chi connectivity index (χ1) is 12.2. The Morgan fingerprint density at radius 2 is 1.96 bits per heavy atom. The van der Waals surface area contributed by atoms with Gasteiger partial charge in [0.1, 0.15) is 5.82 Å². The first-order valence-corrected chi connectivity index (χ1v) is 9.77. The minimum atomic E-state index is -0.312. The maximum absolute atomic E-state index is 13.3. The van der Waals surface area contributed by atoms with Crippen molar-refractivity contribution in [3.05, 3.63) is 34.6 Å². The Morgan fingerprint density at radius 1 is 1.33 bits per heavy atom. The number of benzene rings is 1. The van der Waals surface area contributed by atoms with Gasteiger partial charge in [-0.1, -0.05) is 31.5 Å². The maximum atomic E-state index is 13.3. The summed E-state index contributed by atoms with van der Waals surface area (Å²) in [6.07, 6.45) is 2.23. The molecule has 0 spiro atoms. The van der Waals surface area contributed by atoms with Gasteiger partial charge in [0.05, 0.1) is 0 Å². The van der Waals surface area contributed by atoms with Crippen molar-refractivity contribution in [3.63, 3.8) is 0 Å². The van der Waals surface area contributed by atoms with E-state index in [0.717, 1.165) is 37.5 Å². The molecule has 1 aliphatic rings. The Labute approximate surface area is 185 Å². The van der Waals surface area contributed by atoms with Crippen LogP contribution in [0, 0.1) is 5.82 Å². The van der Waals surface area contributed by atoms with Crippen LogP contribution in [0.15, 0.2) is 23.2 Å². The number of nitrogens with one attached hydrogen (secondary N) is 2. The molecule has 0 unspecified atom stereocenters. The average molecular weight is 511 g/mol. The lowest BCUT2D eigenvalue weighted by atomic mass is 9.84. The van der Waals surface area contributed by atoms with Crippen LogP contribution in [0.5, 0.6) is 0 Å². The minimum Gasteiger partial charge on any atom is -0.356 e. The molecule has 0 saturated carbocycles. The second-order valence-electron chi connectivity index (χ2n) is 7.98. The summed E-state index contributed by atoms with van der Waals surface area (Å²) >= 11 is 6.24. The van der Waals surface area contributed by atoms with E-state index in [0.29, 0.717) is 23.7 Å². The molecular weight excluding hydrogens is 478 g/mol. The number of rotatable bonds is 5. The van der Waals surface area contributed by atoms with Crippen molar-refractivity contribution in [1.29, 1.82) is 0 Å². The zero-order valence-electron chi connectivity index (χ0n) is 17.0. The van der Waals surface area contributed by atoms with Crippen LogP contribution in [0.4, 0.5) is 4.39 Å². The highest BCUT2D eigenvalue weighted by molar-refractivity contribution is 14.0.